The fourth-order valence-electron chi connectivity index (χ4n) is 1.21. The number of aliphatic imine (C=N–C) groups is 1. The highest BCUT2D eigenvalue weighted by Gasteiger charge is 2.07. The van der Waals surface area contributed by atoms with Crippen LogP contribution in [0.2, 0.25) is 0 Å². The molecule has 1 aliphatic rings. The number of hydrogen-bond donors (Lipinski definition) is 0. The minimum absolute atomic E-state index is 0.679. The van der Waals surface area contributed by atoms with E-state index in [-0.39, 0.29) is 0 Å². The summed E-state index contributed by atoms with van der Waals surface area (Å²) in [6.45, 7) is 10.8. The molecule has 0 fully saturated rings. The lowest BCUT2D eigenvalue weighted by Gasteiger charge is -2.13. The van der Waals surface area contributed by atoms with Gasteiger partial charge in [-0.3, -0.25) is 4.99 Å². The molecule has 0 atom stereocenters. The molecule has 0 radical (unpaired) electrons. The van der Waals surface area contributed by atoms with Gasteiger partial charge in [0.1, 0.15) is 0 Å². The van der Waals surface area contributed by atoms with Crippen molar-refractivity contribution >= 4 is 5.71 Å². The van der Waals surface area contributed by atoms with Gasteiger partial charge in [0.25, 0.3) is 0 Å². The summed E-state index contributed by atoms with van der Waals surface area (Å²) in [6, 6.07) is 0. The van der Waals surface area contributed by atoms with Crippen molar-refractivity contribution in [1.82, 2.24) is 0 Å². The van der Waals surface area contributed by atoms with Crippen molar-refractivity contribution in [2.45, 2.75) is 13.3 Å². The van der Waals surface area contributed by atoms with Crippen molar-refractivity contribution in [1.29, 1.82) is 0 Å². The largest absolute Gasteiger partial charge is 0.377 e. The summed E-state index contributed by atoms with van der Waals surface area (Å²) in [7, 11) is 0. The Morgan fingerprint density at radius 3 is 2.92 bits per heavy atom. The molecule has 0 aromatic carbocycles. The minimum Gasteiger partial charge on any atom is -0.377 e. The van der Waals surface area contributed by atoms with Crippen molar-refractivity contribution in [3.63, 3.8) is 0 Å². The second-order valence-electron chi connectivity index (χ2n) is 2.99. The van der Waals surface area contributed by atoms with Gasteiger partial charge in [0, 0.05) is 5.70 Å². The van der Waals surface area contributed by atoms with Gasteiger partial charge in [-0.15, -0.1) is 0 Å². The molecule has 0 N–H and O–H groups in total. The van der Waals surface area contributed by atoms with Crippen molar-refractivity contribution < 1.29 is 4.74 Å². The summed E-state index contributed by atoms with van der Waals surface area (Å²) >= 11 is 0. The second kappa shape index (κ2) is 4.77. The average Bonchev–Trinajstić information content (AvgIpc) is 2.15. The maximum atomic E-state index is 5.21. The van der Waals surface area contributed by atoms with E-state index in [1.807, 2.05) is 13.0 Å². The molecule has 0 saturated carbocycles. The van der Waals surface area contributed by atoms with Crippen LogP contribution in [-0.4, -0.2) is 18.9 Å². The number of allylic oxidation sites excluding steroid dienone is 2. The first-order chi connectivity index (χ1) is 6.24. The van der Waals surface area contributed by atoms with Gasteiger partial charge in [0.05, 0.1) is 18.9 Å². The van der Waals surface area contributed by atoms with Crippen molar-refractivity contribution in [2.75, 3.05) is 13.2 Å². The monoisotopic (exact) mass is 177 g/mol. The number of hydrogen-bond acceptors (Lipinski definition) is 2. The Hall–Kier alpha value is -1.15. The van der Waals surface area contributed by atoms with Crippen molar-refractivity contribution in [3.05, 3.63) is 36.6 Å². The van der Waals surface area contributed by atoms with Crippen LogP contribution in [0.4, 0.5) is 0 Å². The van der Waals surface area contributed by atoms with Crippen LogP contribution in [0, 0.1) is 0 Å². The Labute approximate surface area is 79.3 Å². The fraction of sp³-hybridized carbons (Fsp3) is 0.364. The first kappa shape index (κ1) is 9.93. The average molecular weight is 177 g/mol. The third kappa shape index (κ3) is 2.99. The summed E-state index contributed by atoms with van der Waals surface area (Å²) in [5.74, 6) is 0. The fourth-order valence-corrected chi connectivity index (χ4v) is 1.21. The van der Waals surface area contributed by atoms with Gasteiger partial charge in [-0.25, -0.2) is 0 Å². The lowest BCUT2D eigenvalue weighted by atomic mass is 10.1. The standard InChI is InChI=1S/C11H15NO/c1-4-11(12-9(2)3)10-5-7-13-8-6-10/h4-5H,1-2,6-8H2,3H3. The zero-order chi connectivity index (χ0) is 9.68. The van der Waals surface area contributed by atoms with Crippen LogP contribution in [0.1, 0.15) is 13.3 Å². The third-order valence-corrected chi connectivity index (χ3v) is 1.80. The van der Waals surface area contributed by atoms with E-state index < -0.39 is 0 Å². The van der Waals surface area contributed by atoms with Gasteiger partial charge < -0.3 is 4.74 Å². The van der Waals surface area contributed by atoms with Gasteiger partial charge >= 0.3 is 0 Å². The van der Waals surface area contributed by atoms with Crippen LogP contribution in [0.3, 0.4) is 0 Å². The third-order valence-electron chi connectivity index (χ3n) is 1.80. The lowest BCUT2D eigenvalue weighted by molar-refractivity contribution is 0.156. The summed E-state index contributed by atoms with van der Waals surface area (Å²) in [4.78, 5) is 4.30. The van der Waals surface area contributed by atoms with Gasteiger partial charge in [-0.05, 0) is 25.0 Å². The van der Waals surface area contributed by atoms with Crippen LogP contribution >= 0.6 is 0 Å². The molecule has 0 aromatic rings. The smallest absolute Gasteiger partial charge is 0.0657 e. The Kier molecular flexibility index (Phi) is 3.65. The van der Waals surface area contributed by atoms with Crippen LogP contribution in [0.5, 0.6) is 0 Å². The second-order valence-corrected chi connectivity index (χ2v) is 2.99. The van der Waals surface area contributed by atoms with E-state index in [4.69, 9.17) is 4.74 Å². The van der Waals surface area contributed by atoms with Gasteiger partial charge in [-0.2, -0.15) is 0 Å². The van der Waals surface area contributed by atoms with Gasteiger partial charge in [-0.1, -0.05) is 19.2 Å². The Bertz CT molecular complexity index is 274. The molecule has 0 saturated heterocycles. The van der Waals surface area contributed by atoms with E-state index in [0.29, 0.717) is 6.61 Å². The van der Waals surface area contributed by atoms with Crippen LogP contribution in [0.25, 0.3) is 0 Å². The van der Waals surface area contributed by atoms with Crippen LogP contribution in [-0.2, 0) is 4.74 Å². The molecule has 13 heavy (non-hydrogen) atoms. The Morgan fingerprint density at radius 2 is 2.46 bits per heavy atom. The Morgan fingerprint density at radius 1 is 1.69 bits per heavy atom. The summed E-state index contributed by atoms with van der Waals surface area (Å²) in [5.41, 5.74) is 2.95. The number of rotatable bonds is 3. The van der Waals surface area contributed by atoms with E-state index in [2.05, 4.69) is 18.2 Å². The molecule has 0 spiro atoms. The molecular weight excluding hydrogens is 162 g/mol. The molecule has 0 aliphatic carbocycles. The molecule has 70 valence electrons. The van der Waals surface area contributed by atoms with Crippen LogP contribution in [0.15, 0.2) is 41.6 Å². The van der Waals surface area contributed by atoms with E-state index >= 15 is 0 Å². The van der Waals surface area contributed by atoms with Crippen molar-refractivity contribution in [2.24, 2.45) is 4.99 Å². The molecule has 1 aliphatic heterocycles. The summed E-state index contributed by atoms with van der Waals surface area (Å²) in [5, 5.41) is 0. The summed E-state index contributed by atoms with van der Waals surface area (Å²) in [6.07, 6.45) is 4.73. The molecule has 0 bridgehead atoms. The van der Waals surface area contributed by atoms with Crippen LogP contribution < -0.4 is 0 Å². The molecule has 0 aromatic heterocycles. The predicted molar refractivity (Wildman–Crippen MR) is 56.0 cm³/mol. The van der Waals surface area contributed by atoms with Gasteiger partial charge in [0.15, 0.2) is 0 Å². The van der Waals surface area contributed by atoms with Gasteiger partial charge in [0.2, 0.25) is 0 Å². The highest BCUT2D eigenvalue weighted by Crippen LogP contribution is 2.11. The predicted octanol–water partition coefficient (Wildman–Crippen LogP) is 2.49. The molecular formula is C11H15NO. The Balaban J connectivity index is 2.82. The molecule has 1 heterocycles. The highest BCUT2D eigenvalue weighted by molar-refractivity contribution is 6.08. The lowest BCUT2D eigenvalue weighted by Crippen LogP contribution is -2.10. The molecule has 0 unspecified atom stereocenters. The molecule has 2 nitrogen and oxygen atoms in total. The normalized spacial score (nSPS) is 17.9. The SMILES string of the molecule is C=CC(=NC(=C)C)C1=CCOCC1. The molecule has 1 rings (SSSR count). The molecule has 2 heteroatoms. The molecule has 0 amide bonds. The van der Waals surface area contributed by atoms with E-state index in [1.54, 1.807) is 6.08 Å². The zero-order valence-corrected chi connectivity index (χ0v) is 8.05. The highest BCUT2D eigenvalue weighted by atomic mass is 16.5. The van der Waals surface area contributed by atoms with E-state index in [1.165, 1.54) is 5.57 Å². The maximum Gasteiger partial charge on any atom is 0.0657 e. The number of ether oxygens (including phenoxy) is 1. The topological polar surface area (TPSA) is 21.6 Å². The quantitative estimate of drug-likeness (QED) is 0.607. The maximum absolute atomic E-state index is 5.21. The zero-order valence-electron chi connectivity index (χ0n) is 8.05. The first-order valence-corrected chi connectivity index (χ1v) is 4.38. The summed E-state index contributed by atoms with van der Waals surface area (Å²) < 4.78 is 5.21. The van der Waals surface area contributed by atoms with Crippen molar-refractivity contribution in [3.8, 4) is 0 Å². The van der Waals surface area contributed by atoms with E-state index in [0.717, 1.165) is 24.4 Å². The number of nitrogens with zero attached hydrogens (tertiary/aromatic N) is 1. The van der Waals surface area contributed by atoms with E-state index in [9.17, 15) is 0 Å². The minimum atomic E-state index is 0.679. The first-order valence-electron chi connectivity index (χ1n) is 4.38.